The van der Waals surface area contributed by atoms with Crippen LogP contribution in [0.2, 0.25) is 0 Å². The molecule has 0 aliphatic heterocycles. The third kappa shape index (κ3) is 8.29. The lowest BCUT2D eigenvalue weighted by Crippen LogP contribution is -2.18. The van der Waals surface area contributed by atoms with Crippen LogP contribution < -0.4 is 10.6 Å². The highest BCUT2D eigenvalue weighted by Gasteiger charge is 2.31. The lowest BCUT2D eigenvalue weighted by atomic mass is 9.85. The molecule has 0 bridgehead atoms. The van der Waals surface area contributed by atoms with E-state index in [0.717, 1.165) is 24.3 Å². The van der Waals surface area contributed by atoms with E-state index >= 15 is 8.78 Å². The third-order valence-corrected chi connectivity index (χ3v) is 9.16. The Morgan fingerprint density at radius 3 is 1.31 bits per heavy atom. The summed E-state index contributed by atoms with van der Waals surface area (Å²) < 4.78 is 109. The number of alkyl halides is 6. The number of hydrogen-bond donors (Lipinski definition) is 4. The van der Waals surface area contributed by atoms with Gasteiger partial charge in [0, 0.05) is 70.9 Å². The Bertz CT molecular complexity index is 2080. The molecular weight excluding hydrogens is 720 g/mol. The van der Waals surface area contributed by atoms with Crippen LogP contribution in [-0.4, -0.2) is 26.2 Å². The van der Waals surface area contributed by atoms with Gasteiger partial charge in [-0.25, -0.2) is 8.78 Å². The number of hydrogen-bond acceptors (Lipinski definition) is 5. The molecule has 0 fully saturated rings. The molecule has 7 nitrogen and oxygen atoms in total. The van der Waals surface area contributed by atoms with E-state index in [1.165, 1.54) is 48.5 Å². The zero-order valence-corrected chi connectivity index (χ0v) is 28.6. The van der Waals surface area contributed by atoms with Crippen LogP contribution in [0.5, 0.6) is 0 Å². The molecule has 0 saturated carbocycles. The van der Waals surface area contributed by atoms with Gasteiger partial charge in [0.05, 0.1) is 22.5 Å². The molecule has 4 N–H and O–H groups in total. The third-order valence-electron chi connectivity index (χ3n) is 9.16. The summed E-state index contributed by atoms with van der Waals surface area (Å²) >= 11 is 0. The highest BCUT2D eigenvalue weighted by molar-refractivity contribution is 5.91. The molecular formula is C39H32F8N6O. The second-order valence-corrected chi connectivity index (χ2v) is 12.7. The van der Waals surface area contributed by atoms with E-state index < -0.39 is 52.7 Å². The predicted octanol–water partition coefficient (Wildman–Crippen LogP) is 10.5. The quantitative estimate of drug-likeness (QED) is 0.0933. The minimum absolute atomic E-state index is 0.119. The van der Waals surface area contributed by atoms with Crippen molar-refractivity contribution in [2.24, 2.45) is 0 Å². The number of benzene rings is 4. The number of ketones is 1. The lowest BCUT2D eigenvalue weighted by Gasteiger charge is -2.19. The maximum absolute atomic E-state index is 15.4. The number of Topliss-reactive ketones (excluding diaryl/α,β-unsaturated/α-hetero) is 1. The fourth-order valence-corrected chi connectivity index (χ4v) is 6.09. The van der Waals surface area contributed by atoms with Gasteiger partial charge in [-0.3, -0.25) is 15.0 Å². The summed E-state index contributed by atoms with van der Waals surface area (Å²) in [5, 5.41) is 19.8. The van der Waals surface area contributed by atoms with Crippen molar-refractivity contribution in [3.63, 3.8) is 0 Å². The summed E-state index contributed by atoms with van der Waals surface area (Å²) in [6.07, 6.45) is -5.77. The molecule has 0 aliphatic carbocycles. The predicted molar refractivity (Wildman–Crippen MR) is 187 cm³/mol. The number of nitrogens with zero attached hydrogens (tertiary/aromatic N) is 2. The van der Waals surface area contributed by atoms with Gasteiger partial charge in [-0.05, 0) is 59.7 Å². The number of aromatic nitrogens is 4. The average molecular weight is 753 g/mol. The monoisotopic (exact) mass is 752 g/mol. The van der Waals surface area contributed by atoms with Crippen molar-refractivity contribution in [3.05, 3.63) is 142 Å². The molecule has 0 amide bonds. The summed E-state index contributed by atoms with van der Waals surface area (Å²) in [6.45, 7) is 3.42. The Morgan fingerprint density at radius 2 is 0.981 bits per heavy atom. The maximum Gasteiger partial charge on any atom is 0.416 e. The van der Waals surface area contributed by atoms with Gasteiger partial charge in [0.2, 0.25) is 0 Å². The van der Waals surface area contributed by atoms with E-state index in [4.69, 9.17) is 0 Å². The summed E-state index contributed by atoms with van der Waals surface area (Å²) in [5.41, 5.74) is 2.51. The van der Waals surface area contributed by atoms with Crippen molar-refractivity contribution < 1.29 is 39.9 Å². The summed E-state index contributed by atoms with van der Waals surface area (Å²) in [4.78, 5) is 13.5. The van der Waals surface area contributed by atoms with E-state index in [9.17, 15) is 31.1 Å². The number of anilines is 2. The minimum Gasteiger partial charge on any atom is -0.381 e. The molecule has 0 radical (unpaired) electrons. The van der Waals surface area contributed by atoms with Gasteiger partial charge in [0.15, 0.2) is 0 Å². The second kappa shape index (κ2) is 15.2. The first-order chi connectivity index (χ1) is 25.6. The first kappa shape index (κ1) is 37.8. The molecule has 0 saturated heterocycles. The Morgan fingerprint density at radius 1 is 0.611 bits per heavy atom. The van der Waals surface area contributed by atoms with Crippen molar-refractivity contribution in [1.82, 2.24) is 20.4 Å². The SMILES string of the molecule is CC(C(=O)C(C)c1ccc(NCc2c[nH]nc2-c2ccc(C(F)(F)F)cc2)cc1F)c1ccc(NCc2c[nH]nc2-c2ccc(C(F)(F)F)cc2)cc1F. The van der Waals surface area contributed by atoms with E-state index in [1.54, 1.807) is 38.4 Å². The number of halogens is 8. The molecule has 0 aliphatic rings. The van der Waals surface area contributed by atoms with Gasteiger partial charge in [-0.15, -0.1) is 0 Å². The van der Waals surface area contributed by atoms with Gasteiger partial charge >= 0.3 is 12.4 Å². The van der Waals surface area contributed by atoms with Gasteiger partial charge < -0.3 is 10.6 Å². The van der Waals surface area contributed by atoms with Crippen molar-refractivity contribution in [1.29, 1.82) is 0 Å². The van der Waals surface area contributed by atoms with Crippen LogP contribution in [-0.2, 0) is 30.2 Å². The van der Waals surface area contributed by atoms with E-state index in [-0.39, 0.29) is 24.2 Å². The zero-order chi connectivity index (χ0) is 38.8. The molecule has 6 aromatic rings. The van der Waals surface area contributed by atoms with E-state index in [0.29, 0.717) is 45.0 Å². The molecule has 0 spiro atoms. The largest absolute Gasteiger partial charge is 0.416 e. The summed E-state index contributed by atoms with van der Waals surface area (Å²) in [7, 11) is 0. The number of nitrogens with one attached hydrogen (secondary N) is 4. The number of aromatic amines is 2. The average Bonchev–Trinajstić information content (AvgIpc) is 3.82. The van der Waals surface area contributed by atoms with Gasteiger partial charge in [0.1, 0.15) is 17.4 Å². The van der Waals surface area contributed by atoms with Crippen LogP contribution in [0.15, 0.2) is 97.3 Å². The molecule has 54 heavy (non-hydrogen) atoms. The molecule has 4 aromatic carbocycles. The Balaban J connectivity index is 1.06. The molecule has 15 heteroatoms. The summed E-state index contributed by atoms with van der Waals surface area (Å²) in [5.74, 6) is -3.56. The molecule has 2 atom stereocenters. The van der Waals surface area contributed by atoms with Gasteiger partial charge in [-0.2, -0.15) is 36.5 Å². The molecule has 280 valence electrons. The van der Waals surface area contributed by atoms with Crippen LogP contribution in [0.3, 0.4) is 0 Å². The highest BCUT2D eigenvalue weighted by atomic mass is 19.4. The lowest BCUT2D eigenvalue weighted by molar-refractivity contribution is -0.138. The Hall–Kier alpha value is -5.99. The van der Waals surface area contributed by atoms with E-state index in [1.807, 2.05) is 0 Å². The fourth-order valence-electron chi connectivity index (χ4n) is 6.09. The number of carbonyl (C=O) groups excluding carboxylic acids is 1. The standard InChI is InChI=1S/C39H32F8N6O/c1-21(31-13-11-29(15-33(31)40)48-17-25-19-50-52-35(25)23-3-7-27(8-4-23)38(42,43)44)37(54)22(2)32-14-12-30(16-34(32)41)49-18-26-20-51-53-36(26)24-5-9-28(10-6-24)39(45,46)47/h3-16,19-22,48-49H,17-18H2,1-2H3,(H,50,52)(H,51,53). The number of H-pyrrole nitrogens is 2. The van der Waals surface area contributed by atoms with Gasteiger partial charge in [-0.1, -0.05) is 50.2 Å². The van der Waals surface area contributed by atoms with Crippen molar-refractivity contribution >= 4 is 17.2 Å². The number of rotatable bonds is 12. The zero-order valence-electron chi connectivity index (χ0n) is 28.6. The normalized spacial score (nSPS) is 13.1. The highest BCUT2D eigenvalue weighted by Crippen LogP contribution is 2.34. The molecule has 2 aromatic heterocycles. The first-order valence-electron chi connectivity index (χ1n) is 16.6. The minimum atomic E-state index is -4.47. The fraction of sp³-hybridized carbons (Fsp3) is 0.205. The smallest absolute Gasteiger partial charge is 0.381 e. The van der Waals surface area contributed by atoms with Crippen molar-refractivity contribution in [2.75, 3.05) is 10.6 Å². The van der Waals surface area contributed by atoms with Crippen molar-refractivity contribution in [3.8, 4) is 22.5 Å². The topological polar surface area (TPSA) is 98.5 Å². The van der Waals surface area contributed by atoms with E-state index in [2.05, 4.69) is 31.0 Å². The second-order valence-electron chi connectivity index (χ2n) is 12.7. The van der Waals surface area contributed by atoms with Crippen LogP contribution in [0, 0.1) is 11.6 Å². The van der Waals surface area contributed by atoms with Gasteiger partial charge in [0.25, 0.3) is 0 Å². The molecule has 2 unspecified atom stereocenters. The summed E-state index contributed by atoms with van der Waals surface area (Å²) in [6, 6.07) is 17.7. The Kier molecular flexibility index (Phi) is 10.6. The van der Waals surface area contributed by atoms with Crippen LogP contribution in [0.25, 0.3) is 22.5 Å². The molecule has 6 rings (SSSR count). The van der Waals surface area contributed by atoms with Crippen LogP contribution in [0.1, 0.15) is 59.1 Å². The number of carbonyl (C=O) groups is 1. The van der Waals surface area contributed by atoms with Crippen LogP contribution in [0.4, 0.5) is 46.5 Å². The maximum atomic E-state index is 15.4. The van der Waals surface area contributed by atoms with Crippen LogP contribution >= 0.6 is 0 Å². The molecule has 2 heterocycles. The van der Waals surface area contributed by atoms with Crippen molar-refractivity contribution in [2.45, 2.75) is 51.1 Å². The first-order valence-corrected chi connectivity index (χ1v) is 16.6. The Labute approximate surface area is 303 Å².